The molecule has 1 aromatic carbocycles. The maximum absolute atomic E-state index is 11.3. The Balaban J connectivity index is 1.76. The second-order valence-corrected chi connectivity index (χ2v) is 6.92. The number of rotatable bonds is 4. The van der Waals surface area contributed by atoms with E-state index < -0.39 is 10.2 Å². The van der Waals surface area contributed by atoms with Crippen molar-refractivity contribution in [3.8, 4) is 17.1 Å². The lowest BCUT2D eigenvalue weighted by Crippen LogP contribution is -2.41. The van der Waals surface area contributed by atoms with Gasteiger partial charge in [-0.25, -0.2) is 5.14 Å². The Hall–Kier alpha value is -1.97. The fourth-order valence-electron chi connectivity index (χ4n) is 2.70. The minimum atomic E-state index is -3.63. The number of aromatic nitrogens is 2. The van der Waals surface area contributed by atoms with Crippen molar-refractivity contribution in [2.75, 3.05) is 20.2 Å². The van der Waals surface area contributed by atoms with Gasteiger partial charge in [-0.05, 0) is 25.0 Å². The Morgan fingerprint density at radius 2 is 2.00 bits per heavy atom. The number of para-hydroxylation sites is 1. The van der Waals surface area contributed by atoms with Crippen LogP contribution in [0.15, 0.2) is 28.8 Å². The molecule has 0 spiro atoms. The standard InChI is InChI=1S/C14H18N4O4S/c1-21-12-5-3-2-4-11(12)13-16-14(22-17-13)10-6-8-18(9-7-10)23(15,19)20/h2-5,10H,6-9H2,1H3,(H2,15,19,20). The lowest BCUT2D eigenvalue weighted by Gasteiger charge is -2.27. The van der Waals surface area contributed by atoms with E-state index in [4.69, 9.17) is 14.4 Å². The molecule has 0 unspecified atom stereocenters. The molecule has 9 heteroatoms. The topological polar surface area (TPSA) is 112 Å². The molecule has 0 saturated carbocycles. The second kappa shape index (κ2) is 6.26. The normalized spacial score (nSPS) is 17.3. The van der Waals surface area contributed by atoms with Crippen LogP contribution in [0.1, 0.15) is 24.7 Å². The Morgan fingerprint density at radius 1 is 1.30 bits per heavy atom. The minimum Gasteiger partial charge on any atom is -0.496 e. The zero-order chi connectivity index (χ0) is 16.4. The van der Waals surface area contributed by atoms with Crippen LogP contribution in [0.3, 0.4) is 0 Å². The summed E-state index contributed by atoms with van der Waals surface area (Å²) in [6, 6.07) is 7.43. The molecule has 0 aliphatic carbocycles. The van der Waals surface area contributed by atoms with E-state index in [0.717, 1.165) is 5.56 Å². The van der Waals surface area contributed by atoms with Crippen LogP contribution in [-0.4, -0.2) is 43.1 Å². The van der Waals surface area contributed by atoms with E-state index >= 15 is 0 Å². The predicted molar refractivity (Wildman–Crippen MR) is 82.9 cm³/mol. The summed E-state index contributed by atoms with van der Waals surface area (Å²) in [6.45, 7) is 0.714. The first-order valence-electron chi connectivity index (χ1n) is 7.24. The number of benzene rings is 1. The van der Waals surface area contributed by atoms with Crippen LogP contribution in [-0.2, 0) is 10.2 Å². The highest BCUT2D eigenvalue weighted by atomic mass is 32.2. The summed E-state index contributed by atoms with van der Waals surface area (Å²) in [7, 11) is -2.04. The number of piperidine rings is 1. The summed E-state index contributed by atoms with van der Waals surface area (Å²) < 4.78 is 34.6. The van der Waals surface area contributed by atoms with E-state index in [0.29, 0.717) is 43.4 Å². The number of nitrogens with two attached hydrogens (primary N) is 1. The minimum absolute atomic E-state index is 0.0314. The average Bonchev–Trinajstić information content (AvgIpc) is 3.04. The molecule has 1 aromatic heterocycles. The molecule has 2 heterocycles. The molecular weight excluding hydrogens is 320 g/mol. The van der Waals surface area contributed by atoms with Gasteiger partial charge in [-0.2, -0.15) is 17.7 Å². The third-order valence-electron chi connectivity index (χ3n) is 3.95. The van der Waals surface area contributed by atoms with Gasteiger partial charge >= 0.3 is 0 Å². The SMILES string of the molecule is COc1ccccc1-c1noc(C2CCN(S(N)(=O)=O)CC2)n1. The van der Waals surface area contributed by atoms with Crippen LogP contribution >= 0.6 is 0 Å². The maximum Gasteiger partial charge on any atom is 0.276 e. The van der Waals surface area contributed by atoms with Gasteiger partial charge in [-0.3, -0.25) is 0 Å². The summed E-state index contributed by atoms with van der Waals surface area (Å²) >= 11 is 0. The predicted octanol–water partition coefficient (Wildman–Crippen LogP) is 1.13. The molecule has 2 N–H and O–H groups in total. The molecular formula is C14H18N4O4S. The smallest absolute Gasteiger partial charge is 0.276 e. The maximum atomic E-state index is 11.3. The van der Waals surface area contributed by atoms with Crippen molar-refractivity contribution in [3.63, 3.8) is 0 Å². The van der Waals surface area contributed by atoms with Crippen molar-refractivity contribution in [3.05, 3.63) is 30.2 Å². The first-order chi connectivity index (χ1) is 11.0. The van der Waals surface area contributed by atoms with E-state index in [2.05, 4.69) is 10.1 Å². The van der Waals surface area contributed by atoms with Crippen molar-refractivity contribution in [1.29, 1.82) is 0 Å². The fraction of sp³-hybridized carbons (Fsp3) is 0.429. The van der Waals surface area contributed by atoms with Crippen molar-refractivity contribution in [2.45, 2.75) is 18.8 Å². The molecule has 1 aliphatic heterocycles. The Labute approximate surface area is 134 Å². The van der Waals surface area contributed by atoms with Gasteiger partial charge < -0.3 is 9.26 Å². The monoisotopic (exact) mass is 338 g/mol. The lowest BCUT2D eigenvalue weighted by atomic mass is 9.98. The number of methoxy groups -OCH3 is 1. The molecule has 0 radical (unpaired) electrons. The first-order valence-corrected chi connectivity index (χ1v) is 8.74. The molecule has 0 bridgehead atoms. The second-order valence-electron chi connectivity index (χ2n) is 5.37. The zero-order valence-electron chi connectivity index (χ0n) is 12.7. The number of hydrogen-bond acceptors (Lipinski definition) is 6. The van der Waals surface area contributed by atoms with Crippen LogP contribution in [0.25, 0.3) is 11.4 Å². The highest BCUT2D eigenvalue weighted by Gasteiger charge is 2.29. The molecule has 0 atom stereocenters. The van der Waals surface area contributed by atoms with E-state index in [1.165, 1.54) is 4.31 Å². The molecule has 124 valence electrons. The zero-order valence-corrected chi connectivity index (χ0v) is 13.5. The van der Waals surface area contributed by atoms with Crippen LogP contribution in [0.4, 0.5) is 0 Å². The first kappa shape index (κ1) is 15.9. The summed E-state index contributed by atoms with van der Waals surface area (Å²) in [6.07, 6.45) is 1.20. The van der Waals surface area contributed by atoms with E-state index in [1.807, 2.05) is 24.3 Å². The van der Waals surface area contributed by atoms with Crippen LogP contribution in [0.2, 0.25) is 0 Å². The number of hydrogen-bond donors (Lipinski definition) is 1. The van der Waals surface area contributed by atoms with Gasteiger partial charge in [0, 0.05) is 19.0 Å². The van der Waals surface area contributed by atoms with Gasteiger partial charge in [0.05, 0.1) is 12.7 Å². The Morgan fingerprint density at radius 3 is 2.65 bits per heavy atom. The summed E-state index contributed by atoms with van der Waals surface area (Å²) in [5, 5.41) is 9.15. The molecule has 1 saturated heterocycles. The average molecular weight is 338 g/mol. The quantitative estimate of drug-likeness (QED) is 0.894. The highest BCUT2D eigenvalue weighted by molar-refractivity contribution is 7.86. The van der Waals surface area contributed by atoms with E-state index in [-0.39, 0.29) is 5.92 Å². The fourth-order valence-corrected chi connectivity index (χ4v) is 3.42. The van der Waals surface area contributed by atoms with Gasteiger partial charge in [0.25, 0.3) is 10.2 Å². The van der Waals surface area contributed by atoms with Crippen molar-refractivity contribution in [1.82, 2.24) is 14.4 Å². The molecule has 1 fully saturated rings. The number of nitrogens with zero attached hydrogens (tertiary/aromatic N) is 3. The summed E-state index contributed by atoms with van der Waals surface area (Å²) in [5.41, 5.74) is 0.756. The van der Waals surface area contributed by atoms with Gasteiger partial charge in [0.1, 0.15) is 5.75 Å². The van der Waals surface area contributed by atoms with Gasteiger partial charge in [-0.15, -0.1) is 0 Å². The van der Waals surface area contributed by atoms with E-state index in [9.17, 15) is 8.42 Å². The third kappa shape index (κ3) is 3.36. The van der Waals surface area contributed by atoms with Gasteiger partial charge in [0.2, 0.25) is 11.7 Å². The van der Waals surface area contributed by atoms with E-state index in [1.54, 1.807) is 7.11 Å². The van der Waals surface area contributed by atoms with Crippen LogP contribution < -0.4 is 9.88 Å². The summed E-state index contributed by atoms with van der Waals surface area (Å²) in [4.78, 5) is 4.44. The molecule has 8 nitrogen and oxygen atoms in total. The summed E-state index contributed by atoms with van der Waals surface area (Å²) in [5.74, 6) is 1.68. The van der Waals surface area contributed by atoms with Crippen LogP contribution in [0.5, 0.6) is 5.75 Å². The van der Waals surface area contributed by atoms with Gasteiger partial charge in [0.15, 0.2) is 0 Å². The van der Waals surface area contributed by atoms with Crippen molar-refractivity contribution in [2.24, 2.45) is 5.14 Å². The lowest BCUT2D eigenvalue weighted by molar-refractivity contribution is 0.271. The molecule has 3 rings (SSSR count). The molecule has 1 aliphatic rings. The van der Waals surface area contributed by atoms with Crippen molar-refractivity contribution >= 4 is 10.2 Å². The van der Waals surface area contributed by atoms with Crippen LogP contribution in [0, 0.1) is 0 Å². The Kier molecular flexibility index (Phi) is 4.33. The van der Waals surface area contributed by atoms with Crippen molar-refractivity contribution < 1.29 is 17.7 Å². The molecule has 2 aromatic rings. The Bertz CT molecular complexity index is 782. The van der Waals surface area contributed by atoms with Gasteiger partial charge in [-0.1, -0.05) is 17.3 Å². The highest BCUT2D eigenvalue weighted by Crippen LogP contribution is 2.31. The largest absolute Gasteiger partial charge is 0.496 e. The molecule has 0 amide bonds. The molecule has 23 heavy (non-hydrogen) atoms. The third-order valence-corrected chi connectivity index (χ3v) is 5.04. The number of ether oxygens (including phenoxy) is 1.